The van der Waals surface area contributed by atoms with Crippen LogP contribution in [-0.2, 0) is 11.2 Å². The van der Waals surface area contributed by atoms with E-state index in [1.54, 1.807) is 11.9 Å². The van der Waals surface area contributed by atoms with Crippen molar-refractivity contribution >= 4 is 23.7 Å². The zero-order chi connectivity index (χ0) is 23.7. The Bertz CT molecular complexity index is 1150. The number of morpholine rings is 1. The van der Waals surface area contributed by atoms with Gasteiger partial charge in [-0.15, -0.1) is 0 Å². The summed E-state index contributed by atoms with van der Waals surface area (Å²) >= 11 is 1.75. The average molecular weight is 477 g/mol. The zero-order valence-electron chi connectivity index (χ0n) is 20.4. The molecule has 0 unspecified atom stereocenters. The highest BCUT2D eigenvalue weighted by atomic mass is 32.2. The molecule has 34 heavy (non-hydrogen) atoms. The fraction of sp³-hybridized carbons (Fsp3) is 0.407. The van der Waals surface area contributed by atoms with Gasteiger partial charge in [0.05, 0.1) is 18.9 Å². The molecule has 0 aliphatic carbocycles. The summed E-state index contributed by atoms with van der Waals surface area (Å²) in [4.78, 5) is 13.6. The summed E-state index contributed by atoms with van der Waals surface area (Å²) in [5.41, 5.74) is 4.27. The number of hydrogen-bond acceptors (Lipinski definition) is 7. The molecule has 0 bridgehead atoms. The molecule has 2 aromatic carbocycles. The Kier molecular flexibility index (Phi) is 6.40. The topological polar surface area (TPSA) is 50.7 Å². The quantitative estimate of drug-likeness (QED) is 0.448. The zero-order valence-corrected chi connectivity index (χ0v) is 21.2. The van der Waals surface area contributed by atoms with Gasteiger partial charge in [-0.25, -0.2) is 4.98 Å². The second-order valence-corrected chi connectivity index (χ2v) is 10.9. The number of aryl methyl sites for hydroxylation is 1. The van der Waals surface area contributed by atoms with Gasteiger partial charge in [0.1, 0.15) is 17.2 Å². The number of aromatic nitrogens is 2. The minimum absolute atomic E-state index is 0.257. The third-order valence-electron chi connectivity index (χ3n) is 5.84. The van der Waals surface area contributed by atoms with Crippen molar-refractivity contribution in [3.8, 4) is 17.0 Å². The highest BCUT2D eigenvalue weighted by Crippen LogP contribution is 2.41. The van der Waals surface area contributed by atoms with E-state index in [2.05, 4.69) is 73.3 Å². The average Bonchev–Trinajstić information content (AvgIpc) is 3.22. The molecule has 1 saturated heterocycles. The molecule has 2 aliphatic heterocycles. The fourth-order valence-electron chi connectivity index (χ4n) is 4.24. The van der Waals surface area contributed by atoms with E-state index in [0.717, 1.165) is 54.8 Å². The molecular weight excluding hydrogens is 444 g/mol. The maximum Gasteiger partial charge on any atom is 0.228 e. The van der Waals surface area contributed by atoms with Crippen LogP contribution in [0.5, 0.6) is 5.75 Å². The van der Waals surface area contributed by atoms with Crippen molar-refractivity contribution in [1.29, 1.82) is 0 Å². The van der Waals surface area contributed by atoms with Crippen LogP contribution in [0.2, 0.25) is 0 Å². The standard InChI is InChI=1S/C27H32N4O2S/c1-19-8-10-22(11-9-19)34-31-13-12-23-24(20-6-5-7-21(18-20)33-27(2,3)4)28-26(29-25(23)31)30-14-16-32-17-15-30/h5-11,18H,12-17H2,1-4H3. The lowest BCUT2D eigenvalue weighted by Crippen LogP contribution is -2.37. The number of fused-ring (bicyclic) bond motifs is 1. The number of nitrogens with zero attached hydrogens (tertiary/aromatic N) is 4. The predicted molar refractivity (Wildman–Crippen MR) is 139 cm³/mol. The molecule has 0 saturated carbocycles. The lowest BCUT2D eigenvalue weighted by Gasteiger charge is -2.28. The Morgan fingerprint density at radius 3 is 2.47 bits per heavy atom. The molecule has 1 fully saturated rings. The van der Waals surface area contributed by atoms with E-state index in [0.29, 0.717) is 13.2 Å². The third-order valence-corrected chi connectivity index (χ3v) is 6.90. The summed E-state index contributed by atoms with van der Waals surface area (Å²) in [5.74, 6) is 2.64. The van der Waals surface area contributed by atoms with Crippen molar-refractivity contribution in [3.63, 3.8) is 0 Å². The lowest BCUT2D eigenvalue weighted by atomic mass is 10.0. The number of hydrogen-bond donors (Lipinski definition) is 0. The molecular formula is C27H32N4O2S. The summed E-state index contributed by atoms with van der Waals surface area (Å²) in [5, 5.41) is 0. The molecule has 3 aromatic rings. The summed E-state index contributed by atoms with van der Waals surface area (Å²) in [6.07, 6.45) is 0.914. The van der Waals surface area contributed by atoms with Crippen LogP contribution in [0.1, 0.15) is 31.9 Å². The molecule has 0 amide bonds. The molecule has 3 heterocycles. The van der Waals surface area contributed by atoms with E-state index in [4.69, 9.17) is 19.4 Å². The molecule has 1 aromatic heterocycles. The molecule has 0 atom stereocenters. The second kappa shape index (κ2) is 9.47. The van der Waals surface area contributed by atoms with Gasteiger partial charge in [-0.2, -0.15) is 4.98 Å². The van der Waals surface area contributed by atoms with Crippen molar-refractivity contribution in [2.24, 2.45) is 0 Å². The Morgan fingerprint density at radius 1 is 0.971 bits per heavy atom. The SMILES string of the molecule is Cc1ccc(SN2CCc3c(-c4cccc(OC(C)(C)C)c4)nc(N4CCOCC4)nc32)cc1. The molecule has 5 rings (SSSR count). The van der Waals surface area contributed by atoms with Crippen LogP contribution in [0.4, 0.5) is 11.8 Å². The van der Waals surface area contributed by atoms with Crippen LogP contribution in [0.15, 0.2) is 53.4 Å². The van der Waals surface area contributed by atoms with E-state index in [-0.39, 0.29) is 5.60 Å². The van der Waals surface area contributed by atoms with Crippen molar-refractivity contribution in [1.82, 2.24) is 9.97 Å². The summed E-state index contributed by atoms with van der Waals surface area (Å²) < 4.78 is 14.0. The molecule has 0 radical (unpaired) electrons. The molecule has 0 N–H and O–H groups in total. The first-order chi connectivity index (χ1) is 16.4. The largest absolute Gasteiger partial charge is 0.488 e. The monoisotopic (exact) mass is 476 g/mol. The van der Waals surface area contributed by atoms with Crippen LogP contribution < -0.4 is 13.9 Å². The minimum Gasteiger partial charge on any atom is -0.488 e. The number of anilines is 2. The Balaban J connectivity index is 1.55. The van der Waals surface area contributed by atoms with E-state index in [1.165, 1.54) is 16.0 Å². The third kappa shape index (κ3) is 5.15. The Labute approximate surface area is 206 Å². The molecule has 7 heteroatoms. The van der Waals surface area contributed by atoms with Crippen molar-refractivity contribution < 1.29 is 9.47 Å². The summed E-state index contributed by atoms with van der Waals surface area (Å²) in [6.45, 7) is 12.2. The van der Waals surface area contributed by atoms with Crippen molar-refractivity contribution in [3.05, 3.63) is 59.7 Å². The maximum atomic E-state index is 6.15. The van der Waals surface area contributed by atoms with Crippen molar-refractivity contribution in [2.75, 3.05) is 42.1 Å². The Hall–Kier alpha value is -2.77. The molecule has 0 spiro atoms. The smallest absolute Gasteiger partial charge is 0.228 e. The maximum absolute atomic E-state index is 6.15. The van der Waals surface area contributed by atoms with Crippen LogP contribution in [0.25, 0.3) is 11.3 Å². The van der Waals surface area contributed by atoms with Gasteiger partial charge in [0.15, 0.2) is 0 Å². The number of ether oxygens (including phenoxy) is 2. The first-order valence-corrected chi connectivity index (χ1v) is 12.7. The highest BCUT2D eigenvalue weighted by molar-refractivity contribution is 8.00. The van der Waals surface area contributed by atoms with Crippen LogP contribution in [-0.4, -0.2) is 48.4 Å². The normalized spacial score (nSPS) is 16.0. The molecule has 178 valence electrons. The fourth-order valence-corrected chi connectivity index (χ4v) is 5.17. The van der Waals surface area contributed by atoms with E-state index >= 15 is 0 Å². The van der Waals surface area contributed by atoms with Gasteiger partial charge < -0.3 is 14.4 Å². The minimum atomic E-state index is -0.257. The van der Waals surface area contributed by atoms with Gasteiger partial charge in [0.25, 0.3) is 0 Å². The predicted octanol–water partition coefficient (Wildman–Crippen LogP) is 5.54. The first-order valence-electron chi connectivity index (χ1n) is 11.9. The summed E-state index contributed by atoms with van der Waals surface area (Å²) in [7, 11) is 0. The second-order valence-electron chi connectivity index (χ2n) is 9.77. The van der Waals surface area contributed by atoms with E-state index in [9.17, 15) is 0 Å². The van der Waals surface area contributed by atoms with Gasteiger partial charge >= 0.3 is 0 Å². The molecule has 2 aliphatic rings. The lowest BCUT2D eigenvalue weighted by molar-refractivity contribution is 0.122. The molecule has 6 nitrogen and oxygen atoms in total. The van der Waals surface area contributed by atoms with Gasteiger partial charge in [-0.1, -0.05) is 29.8 Å². The van der Waals surface area contributed by atoms with Crippen LogP contribution in [0, 0.1) is 6.92 Å². The van der Waals surface area contributed by atoms with Gasteiger partial charge in [0, 0.05) is 35.7 Å². The number of benzene rings is 2. The van der Waals surface area contributed by atoms with Gasteiger partial charge in [0.2, 0.25) is 5.95 Å². The highest BCUT2D eigenvalue weighted by Gasteiger charge is 2.29. The van der Waals surface area contributed by atoms with Crippen LogP contribution >= 0.6 is 11.9 Å². The van der Waals surface area contributed by atoms with E-state index in [1.807, 2.05) is 12.1 Å². The Morgan fingerprint density at radius 2 is 1.74 bits per heavy atom. The summed E-state index contributed by atoms with van der Waals surface area (Å²) in [6, 6.07) is 17.0. The van der Waals surface area contributed by atoms with Crippen LogP contribution in [0.3, 0.4) is 0 Å². The first kappa shape index (κ1) is 23.0. The number of rotatable bonds is 5. The van der Waals surface area contributed by atoms with Gasteiger partial charge in [-0.3, -0.25) is 4.31 Å². The van der Waals surface area contributed by atoms with Gasteiger partial charge in [-0.05, 0) is 70.3 Å². The van der Waals surface area contributed by atoms with E-state index < -0.39 is 0 Å². The van der Waals surface area contributed by atoms with Crippen molar-refractivity contribution in [2.45, 2.75) is 44.6 Å².